The number of benzene rings is 2. The van der Waals surface area contributed by atoms with Gasteiger partial charge in [0.1, 0.15) is 0 Å². The highest BCUT2D eigenvalue weighted by Crippen LogP contribution is 2.38. The standard InChI is InChI=1S/C15H8F3NO2S/c16-15(17,18)10-6-3-5-9(12(10)22)13-19-11-7-2-1-4-8(11)14(20)21-13/h1-7,22H. The molecular weight excluding hydrogens is 315 g/mol. The van der Waals surface area contributed by atoms with Crippen molar-refractivity contribution in [3.05, 3.63) is 58.4 Å². The van der Waals surface area contributed by atoms with Gasteiger partial charge in [-0.05, 0) is 24.3 Å². The molecule has 0 atom stereocenters. The van der Waals surface area contributed by atoms with Crippen LogP contribution in [0.4, 0.5) is 13.2 Å². The highest BCUT2D eigenvalue weighted by molar-refractivity contribution is 7.80. The smallest absolute Gasteiger partial charge is 0.403 e. The minimum Gasteiger partial charge on any atom is -0.403 e. The van der Waals surface area contributed by atoms with E-state index in [9.17, 15) is 18.0 Å². The number of nitrogens with zero attached hydrogens (tertiary/aromatic N) is 1. The fourth-order valence-corrected chi connectivity index (χ4v) is 2.45. The average molecular weight is 323 g/mol. The molecule has 3 rings (SSSR count). The molecule has 0 aliphatic rings. The van der Waals surface area contributed by atoms with Crippen molar-refractivity contribution in [2.75, 3.05) is 0 Å². The molecule has 2 aromatic carbocycles. The lowest BCUT2D eigenvalue weighted by Crippen LogP contribution is -2.08. The first-order valence-corrected chi connectivity index (χ1v) is 6.62. The van der Waals surface area contributed by atoms with Crippen molar-refractivity contribution in [2.24, 2.45) is 0 Å². The summed E-state index contributed by atoms with van der Waals surface area (Å²) < 4.78 is 43.8. The number of hydrogen-bond donors (Lipinski definition) is 1. The van der Waals surface area contributed by atoms with E-state index in [2.05, 4.69) is 17.6 Å². The fraction of sp³-hybridized carbons (Fsp3) is 0.0667. The largest absolute Gasteiger partial charge is 0.417 e. The van der Waals surface area contributed by atoms with E-state index in [0.717, 1.165) is 6.07 Å². The molecule has 0 amide bonds. The summed E-state index contributed by atoms with van der Waals surface area (Å²) in [4.78, 5) is 15.7. The number of hydrogen-bond acceptors (Lipinski definition) is 4. The first kappa shape index (κ1) is 14.6. The zero-order valence-electron chi connectivity index (χ0n) is 10.9. The SMILES string of the molecule is O=c1oc(-c2cccc(C(F)(F)F)c2S)nc2ccccc12. The van der Waals surface area contributed by atoms with E-state index in [-0.39, 0.29) is 21.7 Å². The lowest BCUT2D eigenvalue weighted by atomic mass is 10.1. The highest BCUT2D eigenvalue weighted by atomic mass is 32.1. The van der Waals surface area contributed by atoms with Crippen molar-refractivity contribution in [2.45, 2.75) is 11.1 Å². The van der Waals surface area contributed by atoms with Gasteiger partial charge in [-0.1, -0.05) is 18.2 Å². The van der Waals surface area contributed by atoms with Gasteiger partial charge in [0.05, 0.1) is 22.0 Å². The van der Waals surface area contributed by atoms with Crippen LogP contribution in [-0.2, 0) is 6.18 Å². The van der Waals surface area contributed by atoms with Crippen LogP contribution in [0.2, 0.25) is 0 Å². The second-order valence-corrected chi connectivity index (χ2v) is 4.97. The van der Waals surface area contributed by atoms with Gasteiger partial charge in [-0.3, -0.25) is 0 Å². The summed E-state index contributed by atoms with van der Waals surface area (Å²) in [6, 6.07) is 9.94. The van der Waals surface area contributed by atoms with Gasteiger partial charge >= 0.3 is 11.8 Å². The molecule has 0 bridgehead atoms. The predicted molar refractivity (Wildman–Crippen MR) is 78.0 cm³/mol. The van der Waals surface area contributed by atoms with E-state index in [0.29, 0.717) is 5.52 Å². The molecule has 1 aromatic heterocycles. The maximum Gasteiger partial charge on any atom is 0.417 e. The third kappa shape index (κ3) is 2.48. The summed E-state index contributed by atoms with van der Waals surface area (Å²) in [5, 5.41) is 0.263. The molecule has 0 saturated heterocycles. The Hall–Kier alpha value is -2.28. The number of para-hydroxylation sites is 1. The van der Waals surface area contributed by atoms with Gasteiger partial charge in [0.25, 0.3) is 0 Å². The van der Waals surface area contributed by atoms with E-state index >= 15 is 0 Å². The predicted octanol–water partition coefficient (Wildman–Crippen LogP) is 4.16. The van der Waals surface area contributed by atoms with Crippen LogP contribution in [0.25, 0.3) is 22.4 Å². The zero-order valence-corrected chi connectivity index (χ0v) is 11.8. The highest BCUT2D eigenvalue weighted by Gasteiger charge is 2.34. The number of aromatic nitrogens is 1. The summed E-state index contributed by atoms with van der Waals surface area (Å²) in [6.45, 7) is 0. The minimum atomic E-state index is -4.55. The lowest BCUT2D eigenvalue weighted by molar-refractivity contribution is -0.139. The maximum atomic E-state index is 12.9. The van der Waals surface area contributed by atoms with Crippen LogP contribution in [-0.4, -0.2) is 4.98 Å². The fourth-order valence-electron chi connectivity index (χ4n) is 2.08. The van der Waals surface area contributed by atoms with E-state index in [1.807, 2.05) is 0 Å². The Labute approximate surface area is 127 Å². The molecule has 0 fully saturated rings. The van der Waals surface area contributed by atoms with E-state index in [4.69, 9.17) is 4.42 Å². The van der Waals surface area contributed by atoms with Gasteiger partial charge in [-0.25, -0.2) is 9.78 Å². The zero-order chi connectivity index (χ0) is 15.9. The summed E-state index contributed by atoms with van der Waals surface area (Å²) in [7, 11) is 0. The van der Waals surface area contributed by atoms with Crippen LogP contribution in [0.3, 0.4) is 0 Å². The van der Waals surface area contributed by atoms with Crippen molar-refractivity contribution in [3.63, 3.8) is 0 Å². The van der Waals surface area contributed by atoms with Gasteiger partial charge in [0.15, 0.2) is 0 Å². The molecule has 3 aromatic rings. The molecule has 7 heteroatoms. The Bertz CT molecular complexity index is 919. The third-order valence-corrected chi connectivity index (χ3v) is 3.59. The molecule has 112 valence electrons. The normalized spacial score (nSPS) is 11.8. The molecular formula is C15H8F3NO2S. The van der Waals surface area contributed by atoms with Crippen molar-refractivity contribution in [1.82, 2.24) is 4.98 Å². The first-order valence-electron chi connectivity index (χ1n) is 6.17. The Morgan fingerprint density at radius 1 is 1.05 bits per heavy atom. The molecule has 22 heavy (non-hydrogen) atoms. The summed E-state index contributed by atoms with van der Waals surface area (Å²) in [5.41, 5.74) is -1.21. The maximum absolute atomic E-state index is 12.9. The van der Waals surface area contributed by atoms with Crippen molar-refractivity contribution in [1.29, 1.82) is 0 Å². The topological polar surface area (TPSA) is 43.1 Å². The van der Waals surface area contributed by atoms with Crippen molar-refractivity contribution >= 4 is 23.5 Å². The van der Waals surface area contributed by atoms with Crippen molar-refractivity contribution in [3.8, 4) is 11.5 Å². The Balaban J connectivity index is 2.27. The van der Waals surface area contributed by atoms with Gasteiger partial charge in [0.2, 0.25) is 5.89 Å². The average Bonchev–Trinajstić information content (AvgIpc) is 2.46. The van der Waals surface area contributed by atoms with Crippen LogP contribution in [0.15, 0.2) is 56.6 Å². The number of fused-ring (bicyclic) bond motifs is 1. The van der Waals surface area contributed by atoms with Gasteiger partial charge in [-0.2, -0.15) is 13.2 Å². The monoisotopic (exact) mass is 323 g/mol. The molecule has 0 N–H and O–H groups in total. The molecule has 0 aliphatic heterocycles. The van der Waals surface area contributed by atoms with Gasteiger partial charge < -0.3 is 4.42 Å². The van der Waals surface area contributed by atoms with Gasteiger partial charge in [0, 0.05) is 4.90 Å². The molecule has 0 aliphatic carbocycles. The van der Waals surface area contributed by atoms with Crippen LogP contribution in [0.5, 0.6) is 0 Å². The summed E-state index contributed by atoms with van der Waals surface area (Å²) >= 11 is 3.92. The van der Waals surface area contributed by atoms with Gasteiger partial charge in [-0.15, -0.1) is 12.6 Å². The summed E-state index contributed by atoms with van der Waals surface area (Å²) in [6.07, 6.45) is -4.55. The molecule has 0 radical (unpaired) electrons. The number of alkyl halides is 3. The second-order valence-electron chi connectivity index (χ2n) is 4.52. The minimum absolute atomic E-state index is 0.0148. The molecule has 0 spiro atoms. The first-order chi connectivity index (χ1) is 10.4. The van der Waals surface area contributed by atoms with Crippen LogP contribution in [0.1, 0.15) is 5.56 Å². The van der Waals surface area contributed by atoms with E-state index in [1.165, 1.54) is 18.2 Å². The van der Waals surface area contributed by atoms with Crippen LogP contribution < -0.4 is 5.63 Å². The van der Waals surface area contributed by atoms with E-state index < -0.39 is 17.4 Å². The van der Waals surface area contributed by atoms with Crippen LogP contribution >= 0.6 is 12.6 Å². The Morgan fingerprint density at radius 3 is 2.50 bits per heavy atom. The Kier molecular flexibility index (Phi) is 3.44. The number of thiol groups is 1. The molecule has 0 saturated carbocycles. The van der Waals surface area contributed by atoms with Crippen molar-refractivity contribution < 1.29 is 17.6 Å². The third-order valence-electron chi connectivity index (χ3n) is 3.11. The lowest BCUT2D eigenvalue weighted by Gasteiger charge is -2.12. The molecule has 0 unspecified atom stereocenters. The number of halogens is 3. The summed E-state index contributed by atoms with van der Waals surface area (Å²) in [5.74, 6) is -0.195. The van der Waals surface area contributed by atoms with Crippen LogP contribution in [0, 0.1) is 0 Å². The molecule has 3 nitrogen and oxygen atoms in total. The number of rotatable bonds is 1. The Morgan fingerprint density at radius 2 is 1.77 bits per heavy atom. The quantitative estimate of drug-likeness (QED) is 0.684. The van der Waals surface area contributed by atoms with E-state index in [1.54, 1.807) is 18.2 Å². The second kappa shape index (κ2) is 5.17. The molecule has 1 heterocycles.